The first-order valence-corrected chi connectivity index (χ1v) is 6.88. The van der Waals surface area contributed by atoms with Crippen LogP contribution < -0.4 is 0 Å². The van der Waals surface area contributed by atoms with Crippen molar-refractivity contribution in [1.29, 1.82) is 0 Å². The van der Waals surface area contributed by atoms with E-state index >= 15 is 0 Å². The maximum atomic E-state index is 11.5. The van der Waals surface area contributed by atoms with E-state index in [1.54, 1.807) is 0 Å². The maximum Gasteiger partial charge on any atom is 0.310 e. The van der Waals surface area contributed by atoms with E-state index in [1.807, 2.05) is 6.92 Å². The summed E-state index contributed by atoms with van der Waals surface area (Å²) >= 11 is 0. The normalized spacial score (nSPS) is 24.7. The molecule has 0 aromatic carbocycles. The van der Waals surface area contributed by atoms with E-state index in [0.717, 1.165) is 32.5 Å². The van der Waals surface area contributed by atoms with Crippen molar-refractivity contribution in [1.82, 2.24) is 9.80 Å². The molecule has 1 saturated heterocycles. The van der Waals surface area contributed by atoms with Crippen LogP contribution in [0.4, 0.5) is 0 Å². The Labute approximate surface area is 111 Å². The van der Waals surface area contributed by atoms with Gasteiger partial charge in [-0.25, -0.2) is 0 Å². The number of carboxylic acid groups (broad SMARTS) is 1. The molecule has 4 nitrogen and oxygen atoms in total. The molecule has 1 heterocycles. The van der Waals surface area contributed by atoms with Gasteiger partial charge in [0, 0.05) is 31.7 Å². The van der Waals surface area contributed by atoms with E-state index in [0.29, 0.717) is 6.54 Å². The molecule has 0 bridgehead atoms. The van der Waals surface area contributed by atoms with E-state index in [9.17, 15) is 9.90 Å². The van der Waals surface area contributed by atoms with Crippen molar-refractivity contribution in [2.24, 2.45) is 5.41 Å². The van der Waals surface area contributed by atoms with Crippen molar-refractivity contribution in [2.45, 2.75) is 46.1 Å². The third-order valence-corrected chi connectivity index (χ3v) is 4.29. The fraction of sp³-hybridized carbons (Fsp3) is 0.929. The highest BCUT2D eigenvalue weighted by atomic mass is 16.4. The van der Waals surface area contributed by atoms with Crippen molar-refractivity contribution in [3.05, 3.63) is 0 Å². The highest BCUT2D eigenvalue weighted by Gasteiger charge is 2.38. The molecular formula is C14H28N2O2. The van der Waals surface area contributed by atoms with Gasteiger partial charge in [-0.1, -0.05) is 13.3 Å². The Bertz CT molecular complexity index is 304. The van der Waals surface area contributed by atoms with Gasteiger partial charge in [-0.3, -0.25) is 14.6 Å². The zero-order valence-electron chi connectivity index (χ0n) is 12.5. The monoisotopic (exact) mass is 256 g/mol. The summed E-state index contributed by atoms with van der Waals surface area (Å²) in [5, 5.41) is 9.44. The van der Waals surface area contributed by atoms with Gasteiger partial charge < -0.3 is 5.11 Å². The molecule has 1 N–H and O–H groups in total. The van der Waals surface area contributed by atoms with E-state index in [1.165, 1.54) is 0 Å². The second-order valence-electron chi connectivity index (χ2n) is 6.56. The number of rotatable bonds is 5. The number of carbonyl (C=O) groups is 1. The molecule has 0 aliphatic carbocycles. The topological polar surface area (TPSA) is 43.8 Å². The molecular weight excluding hydrogens is 228 g/mol. The Morgan fingerprint density at radius 1 is 1.39 bits per heavy atom. The van der Waals surface area contributed by atoms with Gasteiger partial charge in [0.1, 0.15) is 0 Å². The van der Waals surface area contributed by atoms with Gasteiger partial charge >= 0.3 is 5.97 Å². The van der Waals surface area contributed by atoms with Crippen molar-refractivity contribution in [3.8, 4) is 0 Å². The molecule has 0 amide bonds. The number of carboxylic acids is 1. The lowest BCUT2D eigenvalue weighted by atomic mass is 9.84. The van der Waals surface area contributed by atoms with Crippen molar-refractivity contribution in [3.63, 3.8) is 0 Å². The molecule has 4 heteroatoms. The van der Waals surface area contributed by atoms with Crippen LogP contribution in [-0.4, -0.2) is 59.6 Å². The second-order valence-corrected chi connectivity index (χ2v) is 6.56. The summed E-state index contributed by atoms with van der Waals surface area (Å²) < 4.78 is 0. The zero-order chi connectivity index (χ0) is 14.0. The molecule has 0 saturated carbocycles. The van der Waals surface area contributed by atoms with E-state index in [4.69, 9.17) is 0 Å². The van der Waals surface area contributed by atoms with Gasteiger partial charge in [0.25, 0.3) is 0 Å². The Morgan fingerprint density at radius 2 is 2.00 bits per heavy atom. The van der Waals surface area contributed by atoms with E-state index in [2.05, 4.69) is 37.6 Å². The predicted octanol–water partition coefficient (Wildman–Crippen LogP) is 1.90. The van der Waals surface area contributed by atoms with Crippen molar-refractivity contribution >= 4 is 5.97 Å². The lowest BCUT2D eigenvalue weighted by Crippen LogP contribution is -2.59. The molecule has 1 unspecified atom stereocenters. The zero-order valence-corrected chi connectivity index (χ0v) is 12.5. The van der Waals surface area contributed by atoms with E-state index < -0.39 is 11.4 Å². The number of aliphatic carboxylic acids is 1. The standard InChI is InChI=1S/C14H28N2O2/c1-6-7-14(4,12(17)18)11-16-9-8-15(5)13(2,3)10-16/h6-11H2,1-5H3,(H,17,18). The number of hydrogen-bond acceptors (Lipinski definition) is 3. The highest BCUT2D eigenvalue weighted by molar-refractivity contribution is 5.74. The first kappa shape index (κ1) is 15.4. The van der Waals surface area contributed by atoms with Crippen LogP contribution in [0.1, 0.15) is 40.5 Å². The van der Waals surface area contributed by atoms with Crippen LogP contribution in [0.2, 0.25) is 0 Å². The van der Waals surface area contributed by atoms with Gasteiger partial charge in [-0.2, -0.15) is 0 Å². The Morgan fingerprint density at radius 3 is 2.44 bits per heavy atom. The summed E-state index contributed by atoms with van der Waals surface area (Å²) in [6.45, 7) is 11.9. The molecule has 1 aliphatic heterocycles. The van der Waals surface area contributed by atoms with Gasteiger partial charge in [0.15, 0.2) is 0 Å². The third kappa shape index (κ3) is 3.45. The number of nitrogens with zero attached hydrogens (tertiary/aromatic N) is 2. The highest BCUT2D eigenvalue weighted by Crippen LogP contribution is 2.28. The predicted molar refractivity (Wildman–Crippen MR) is 73.8 cm³/mol. The minimum absolute atomic E-state index is 0.129. The van der Waals surface area contributed by atoms with Gasteiger partial charge in [0.2, 0.25) is 0 Å². The Hall–Kier alpha value is -0.610. The molecule has 0 spiro atoms. The van der Waals surface area contributed by atoms with Crippen LogP contribution >= 0.6 is 0 Å². The Kier molecular flexibility index (Phi) is 4.78. The molecule has 1 fully saturated rings. The minimum Gasteiger partial charge on any atom is -0.481 e. The quantitative estimate of drug-likeness (QED) is 0.816. The molecule has 0 aromatic heterocycles. The molecule has 106 valence electrons. The fourth-order valence-electron chi connectivity index (χ4n) is 2.77. The molecule has 0 radical (unpaired) electrons. The van der Waals surface area contributed by atoms with Crippen molar-refractivity contribution < 1.29 is 9.90 Å². The summed E-state index contributed by atoms with van der Waals surface area (Å²) in [5.41, 5.74) is -0.482. The van der Waals surface area contributed by atoms with Crippen LogP contribution in [-0.2, 0) is 4.79 Å². The van der Waals surface area contributed by atoms with Gasteiger partial charge in [-0.05, 0) is 34.2 Å². The lowest BCUT2D eigenvalue weighted by Gasteiger charge is -2.47. The lowest BCUT2D eigenvalue weighted by molar-refractivity contribution is -0.150. The summed E-state index contributed by atoms with van der Waals surface area (Å²) in [6.07, 6.45) is 1.66. The maximum absolute atomic E-state index is 11.5. The van der Waals surface area contributed by atoms with Crippen LogP contribution in [0.5, 0.6) is 0 Å². The average Bonchev–Trinajstić information content (AvgIpc) is 2.23. The molecule has 18 heavy (non-hydrogen) atoms. The number of piperazine rings is 1. The summed E-state index contributed by atoms with van der Waals surface area (Å²) in [6, 6.07) is 0. The average molecular weight is 256 g/mol. The smallest absolute Gasteiger partial charge is 0.310 e. The summed E-state index contributed by atoms with van der Waals surface area (Å²) in [7, 11) is 2.14. The molecule has 1 rings (SSSR count). The largest absolute Gasteiger partial charge is 0.481 e. The van der Waals surface area contributed by atoms with Gasteiger partial charge in [0.05, 0.1) is 5.41 Å². The Balaban J connectivity index is 2.69. The van der Waals surface area contributed by atoms with Crippen LogP contribution in [0.3, 0.4) is 0 Å². The number of likely N-dealkylation sites (N-methyl/N-ethyl adjacent to an activating group) is 1. The van der Waals surface area contributed by atoms with Crippen LogP contribution in [0, 0.1) is 5.41 Å². The molecule has 1 aliphatic rings. The van der Waals surface area contributed by atoms with Gasteiger partial charge in [-0.15, -0.1) is 0 Å². The van der Waals surface area contributed by atoms with Crippen LogP contribution in [0.25, 0.3) is 0 Å². The first-order valence-electron chi connectivity index (χ1n) is 6.88. The fourth-order valence-corrected chi connectivity index (χ4v) is 2.77. The molecule has 1 atom stereocenters. The third-order valence-electron chi connectivity index (χ3n) is 4.29. The first-order chi connectivity index (χ1) is 8.21. The van der Waals surface area contributed by atoms with Crippen molar-refractivity contribution in [2.75, 3.05) is 33.2 Å². The van der Waals surface area contributed by atoms with E-state index in [-0.39, 0.29) is 5.54 Å². The number of hydrogen-bond donors (Lipinski definition) is 1. The van der Waals surface area contributed by atoms with Crippen LogP contribution in [0.15, 0.2) is 0 Å². The summed E-state index contributed by atoms with van der Waals surface area (Å²) in [4.78, 5) is 16.1. The molecule has 0 aromatic rings. The minimum atomic E-state index is -0.666. The summed E-state index contributed by atoms with van der Waals surface area (Å²) in [5.74, 6) is -0.666. The second kappa shape index (κ2) is 5.57. The SMILES string of the molecule is CCCC(C)(CN1CCN(C)C(C)(C)C1)C(=O)O.